The largest absolute Gasteiger partial charge is 0.444 e. The van der Waals surface area contributed by atoms with Gasteiger partial charge in [-0.2, -0.15) is 0 Å². The Kier molecular flexibility index (Phi) is 8.50. The summed E-state index contributed by atoms with van der Waals surface area (Å²) in [5, 5.41) is 9.03. The molecule has 1 aliphatic heterocycles. The van der Waals surface area contributed by atoms with Gasteiger partial charge in [0, 0.05) is 31.6 Å². The molecule has 1 unspecified atom stereocenters. The minimum Gasteiger partial charge on any atom is -0.444 e. The molecule has 6 nitrogen and oxygen atoms in total. The van der Waals surface area contributed by atoms with E-state index in [4.69, 9.17) is 4.42 Å². The molecule has 1 aromatic carbocycles. The van der Waals surface area contributed by atoms with Crippen LogP contribution < -0.4 is 10.6 Å². The van der Waals surface area contributed by atoms with Crippen LogP contribution in [0.4, 0.5) is 0 Å². The molecule has 31 heavy (non-hydrogen) atoms. The van der Waals surface area contributed by atoms with Crippen molar-refractivity contribution in [3.8, 4) is 0 Å². The highest BCUT2D eigenvalue weighted by Crippen LogP contribution is 2.30. The summed E-state index contributed by atoms with van der Waals surface area (Å²) < 4.78 is 5.66. The number of nitrogens with zero attached hydrogens (tertiary/aromatic N) is 3. The van der Waals surface area contributed by atoms with E-state index in [1.165, 1.54) is 16.0 Å². The van der Waals surface area contributed by atoms with Crippen LogP contribution in [0.25, 0.3) is 0 Å². The van der Waals surface area contributed by atoms with Gasteiger partial charge in [-0.15, -0.1) is 35.3 Å². The highest BCUT2D eigenvalue weighted by atomic mass is 127. The average molecular weight is 551 g/mol. The number of aryl methyl sites for hydroxylation is 2. The predicted molar refractivity (Wildman–Crippen MR) is 137 cm³/mol. The Bertz CT molecular complexity index is 981. The highest BCUT2D eigenvalue weighted by Gasteiger charge is 2.25. The summed E-state index contributed by atoms with van der Waals surface area (Å²) in [6, 6.07) is 13.3. The molecule has 2 N–H and O–H groups in total. The fourth-order valence-electron chi connectivity index (χ4n) is 3.86. The first-order valence-corrected chi connectivity index (χ1v) is 11.2. The van der Waals surface area contributed by atoms with Gasteiger partial charge in [-0.3, -0.25) is 9.89 Å². The average Bonchev–Trinajstić information content (AvgIpc) is 3.36. The van der Waals surface area contributed by atoms with E-state index in [2.05, 4.69) is 67.3 Å². The number of aromatic nitrogens is 1. The van der Waals surface area contributed by atoms with Crippen molar-refractivity contribution in [3.63, 3.8) is 0 Å². The fourth-order valence-corrected chi connectivity index (χ4v) is 4.75. The topological polar surface area (TPSA) is 65.7 Å². The first kappa shape index (κ1) is 23.7. The van der Waals surface area contributed by atoms with Crippen LogP contribution in [0.5, 0.6) is 0 Å². The Labute approximate surface area is 205 Å². The van der Waals surface area contributed by atoms with Crippen molar-refractivity contribution in [3.05, 3.63) is 75.1 Å². The van der Waals surface area contributed by atoms with Gasteiger partial charge in [0.25, 0.3) is 0 Å². The molecule has 4 rings (SSSR count). The van der Waals surface area contributed by atoms with Gasteiger partial charge in [0.15, 0.2) is 5.96 Å². The van der Waals surface area contributed by atoms with Crippen LogP contribution in [0.2, 0.25) is 0 Å². The van der Waals surface area contributed by atoms with Crippen LogP contribution >= 0.6 is 35.3 Å². The molecule has 0 saturated heterocycles. The van der Waals surface area contributed by atoms with E-state index < -0.39 is 0 Å². The van der Waals surface area contributed by atoms with E-state index >= 15 is 0 Å². The Hall–Kier alpha value is -1.91. The predicted octanol–water partition coefficient (Wildman–Crippen LogP) is 4.44. The molecule has 166 valence electrons. The minimum atomic E-state index is 0. The van der Waals surface area contributed by atoms with Gasteiger partial charge in [-0.1, -0.05) is 30.3 Å². The standard InChI is InChI=1S/C23H29N5OS.HI/c1-16-17(2)29-22(27-16)14-26-23(24-3)25-13-20(18-7-5-4-6-8-18)28-11-9-21-19(15-28)10-12-30-21;/h4-8,10,12,20H,9,11,13-15H2,1-3H3,(H2,24,25,26);1H. The first-order chi connectivity index (χ1) is 14.6. The number of benzene rings is 1. The van der Waals surface area contributed by atoms with Crippen LogP contribution in [0.3, 0.4) is 0 Å². The lowest BCUT2D eigenvalue weighted by molar-refractivity contribution is 0.181. The highest BCUT2D eigenvalue weighted by molar-refractivity contribution is 14.0. The van der Waals surface area contributed by atoms with E-state index in [1.54, 1.807) is 7.05 Å². The van der Waals surface area contributed by atoms with E-state index in [9.17, 15) is 0 Å². The molecule has 0 aliphatic carbocycles. The number of hydrogen-bond donors (Lipinski definition) is 2. The molecule has 8 heteroatoms. The Morgan fingerprint density at radius 2 is 2.03 bits per heavy atom. The molecule has 0 bridgehead atoms. The van der Waals surface area contributed by atoms with Crippen molar-refractivity contribution in [1.82, 2.24) is 20.5 Å². The molecule has 1 aliphatic rings. The Balaban J connectivity index is 0.00000272. The molecule has 2 aromatic heterocycles. The van der Waals surface area contributed by atoms with Crippen molar-refractivity contribution in [2.75, 3.05) is 20.1 Å². The molecular weight excluding hydrogens is 521 g/mol. The van der Waals surface area contributed by atoms with Crippen LogP contribution in [0, 0.1) is 13.8 Å². The van der Waals surface area contributed by atoms with Crippen LogP contribution in [-0.4, -0.2) is 36.0 Å². The summed E-state index contributed by atoms with van der Waals surface area (Å²) in [5.41, 5.74) is 3.71. The van der Waals surface area contributed by atoms with E-state index in [1.807, 2.05) is 25.2 Å². The zero-order valence-corrected chi connectivity index (χ0v) is 21.4. The maximum absolute atomic E-state index is 5.66. The molecule has 0 amide bonds. The summed E-state index contributed by atoms with van der Waals surface area (Å²) in [7, 11) is 1.79. The number of hydrogen-bond acceptors (Lipinski definition) is 5. The van der Waals surface area contributed by atoms with Crippen LogP contribution in [0.1, 0.15) is 39.4 Å². The van der Waals surface area contributed by atoms with E-state index in [-0.39, 0.29) is 30.0 Å². The molecule has 0 radical (unpaired) electrons. The van der Waals surface area contributed by atoms with E-state index in [0.29, 0.717) is 12.4 Å². The van der Waals surface area contributed by atoms with Gasteiger partial charge in [0.2, 0.25) is 5.89 Å². The Morgan fingerprint density at radius 3 is 2.74 bits per heavy atom. The lowest BCUT2D eigenvalue weighted by Crippen LogP contribution is -2.44. The zero-order valence-electron chi connectivity index (χ0n) is 18.2. The summed E-state index contributed by atoms with van der Waals surface area (Å²) in [6.45, 7) is 7.22. The summed E-state index contributed by atoms with van der Waals surface area (Å²) in [4.78, 5) is 12.9. The van der Waals surface area contributed by atoms with Crippen molar-refractivity contribution >= 4 is 41.3 Å². The van der Waals surface area contributed by atoms with Gasteiger partial charge >= 0.3 is 0 Å². The second-order valence-electron chi connectivity index (χ2n) is 7.57. The quantitative estimate of drug-likeness (QED) is 0.270. The molecule has 3 heterocycles. The summed E-state index contributed by atoms with van der Waals surface area (Å²) in [5.74, 6) is 2.28. The Morgan fingerprint density at radius 1 is 1.23 bits per heavy atom. The van der Waals surface area contributed by atoms with Crippen molar-refractivity contribution in [2.24, 2.45) is 4.99 Å². The third-order valence-electron chi connectivity index (χ3n) is 5.63. The lowest BCUT2D eigenvalue weighted by Gasteiger charge is -2.35. The van der Waals surface area contributed by atoms with Gasteiger partial charge in [-0.25, -0.2) is 4.98 Å². The minimum absolute atomic E-state index is 0. The third kappa shape index (κ3) is 5.87. The monoisotopic (exact) mass is 551 g/mol. The molecule has 3 aromatic rings. The SMILES string of the molecule is CN=C(NCc1nc(C)c(C)o1)NCC(c1ccccc1)N1CCc2sccc2C1.I. The number of fused-ring (bicyclic) bond motifs is 1. The lowest BCUT2D eigenvalue weighted by atomic mass is 10.0. The molecule has 1 atom stereocenters. The smallest absolute Gasteiger partial charge is 0.214 e. The van der Waals surface area contributed by atoms with Gasteiger partial charge in [0.1, 0.15) is 5.76 Å². The zero-order chi connectivity index (χ0) is 20.9. The van der Waals surface area contributed by atoms with Crippen LogP contribution in [0.15, 0.2) is 51.2 Å². The molecule has 0 spiro atoms. The summed E-state index contributed by atoms with van der Waals surface area (Å²) in [6.07, 6.45) is 1.12. The van der Waals surface area contributed by atoms with Gasteiger partial charge < -0.3 is 15.1 Å². The number of oxazole rings is 1. The second-order valence-corrected chi connectivity index (χ2v) is 8.57. The second kappa shape index (κ2) is 11.1. The third-order valence-corrected chi connectivity index (χ3v) is 6.65. The summed E-state index contributed by atoms with van der Waals surface area (Å²) >= 11 is 1.88. The number of halogens is 1. The number of rotatable bonds is 6. The fraction of sp³-hybridized carbons (Fsp3) is 0.391. The molecular formula is C23H30IN5OS. The number of thiophene rings is 1. The maximum atomic E-state index is 5.66. The van der Waals surface area contributed by atoms with Gasteiger partial charge in [-0.05, 0) is 42.8 Å². The molecule has 0 saturated carbocycles. The van der Waals surface area contributed by atoms with Crippen LogP contribution in [-0.2, 0) is 19.5 Å². The number of guanidine groups is 1. The number of aliphatic imine (C=N–C) groups is 1. The van der Waals surface area contributed by atoms with Crippen molar-refractivity contribution < 1.29 is 4.42 Å². The van der Waals surface area contributed by atoms with Gasteiger partial charge in [0.05, 0.1) is 18.3 Å². The molecule has 0 fully saturated rings. The van der Waals surface area contributed by atoms with Crippen molar-refractivity contribution in [1.29, 1.82) is 0 Å². The van der Waals surface area contributed by atoms with E-state index in [0.717, 1.165) is 43.5 Å². The maximum Gasteiger partial charge on any atom is 0.214 e. The normalized spacial score (nSPS) is 15.1. The first-order valence-electron chi connectivity index (χ1n) is 10.4. The number of nitrogens with one attached hydrogen (secondary N) is 2. The van der Waals surface area contributed by atoms with Crippen molar-refractivity contribution in [2.45, 2.75) is 39.4 Å².